The molecule has 0 spiro atoms. The van der Waals surface area contributed by atoms with E-state index in [9.17, 15) is 9.59 Å². The SMILES string of the molecule is CCOC(=O)c1cc2cnnc(Nc3cc(C(=O)NC4CC4)ccc3C)n2c1C. The average Bonchev–Trinajstić information content (AvgIpc) is 3.44. The highest BCUT2D eigenvalue weighted by atomic mass is 16.5. The number of nitrogens with zero attached hydrogens (tertiary/aromatic N) is 3. The number of fused-ring (bicyclic) bond motifs is 1. The van der Waals surface area contributed by atoms with Gasteiger partial charge in [-0.3, -0.25) is 9.20 Å². The number of aryl methyl sites for hydroxylation is 2. The zero-order valence-electron chi connectivity index (χ0n) is 16.7. The normalized spacial score (nSPS) is 13.3. The summed E-state index contributed by atoms with van der Waals surface area (Å²) in [7, 11) is 0. The Labute approximate surface area is 168 Å². The van der Waals surface area contributed by atoms with Crippen LogP contribution in [0.25, 0.3) is 5.52 Å². The molecule has 0 saturated heterocycles. The number of rotatable bonds is 6. The maximum absolute atomic E-state index is 12.4. The van der Waals surface area contributed by atoms with E-state index in [4.69, 9.17) is 4.74 Å². The minimum Gasteiger partial charge on any atom is -0.462 e. The first-order valence-corrected chi connectivity index (χ1v) is 9.67. The predicted molar refractivity (Wildman–Crippen MR) is 109 cm³/mol. The van der Waals surface area contributed by atoms with Crippen LogP contribution >= 0.6 is 0 Å². The molecule has 1 amide bonds. The summed E-state index contributed by atoms with van der Waals surface area (Å²) < 4.78 is 6.95. The van der Waals surface area contributed by atoms with E-state index in [-0.39, 0.29) is 11.9 Å². The number of benzene rings is 1. The summed E-state index contributed by atoms with van der Waals surface area (Å²) in [5.41, 5.74) is 4.20. The topological polar surface area (TPSA) is 97.6 Å². The molecule has 0 radical (unpaired) electrons. The molecule has 1 saturated carbocycles. The van der Waals surface area contributed by atoms with Gasteiger partial charge in [-0.1, -0.05) is 6.07 Å². The van der Waals surface area contributed by atoms with E-state index in [0.717, 1.165) is 29.6 Å². The zero-order valence-corrected chi connectivity index (χ0v) is 16.7. The Morgan fingerprint density at radius 3 is 2.76 bits per heavy atom. The van der Waals surface area contributed by atoms with Gasteiger partial charge in [-0.25, -0.2) is 4.79 Å². The van der Waals surface area contributed by atoms with E-state index in [1.165, 1.54) is 0 Å². The maximum Gasteiger partial charge on any atom is 0.339 e. The maximum atomic E-state index is 12.4. The standard InChI is InChI=1S/C21H23N5O3/c1-4-29-20(28)17-10-16-11-22-25-21(26(16)13(17)3)24-18-9-14(6-5-12(18)2)19(27)23-15-7-8-15/h5-6,9-11,15H,4,7-8H2,1-3H3,(H,23,27)(H,24,25). The van der Waals surface area contributed by atoms with Gasteiger partial charge in [-0.15, -0.1) is 5.10 Å². The highest BCUT2D eigenvalue weighted by Crippen LogP contribution is 2.25. The van der Waals surface area contributed by atoms with Crippen LogP contribution in [0.15, 0.2) is 30.5 Å². The van der Waals surface area contributed by atoms with Crippen molar-refractivity contribution in [2.24, 2.45) is 0 Å². The second-order valence-electron chi connectivity index (χ2n) is 7.19. The molecule has 1 fully saturated rings. The molecular formula is C21H23N5O3. The van der Waals surface area contributed by atoms with E-state index < -0.39 is 0 Å². The molecule has 29 heavy (non-hydrogen) atoms. The minimum absolute atomic E-state index is 0.0819. The summed E-state index contributed by atoms with van der Waals surface area (Å²) in [6.45, 7) is 5.86. The number of hydrogen-bond acceptors (Lipinski definition) is 6. The Bertz CT molecular complexity index is 1100. The quantitative estimate of drug-likeness (QED) is 0.625. The van der Waals surface area contributed by atoms with Crippen LogP contribution in [0.4, 0.5) is 11.6 Å². The van der Waals surface area contributed by atoms with Crippen LogP contribution in [-0.4, -0.2) is 39.1 Å². The number of ether oxygens (including phenoxy) is 1. The highest BCUT2D eigenvalue weighted by Gasteiger charge is 2.24. The molecule has 0 atom stereocenters. The first kappa shape index (κ1) is 18.9. The molecule has 0 aliphatic heterocycles. The fraction of sp³-hybridized carbons (Fsp3) is 0.333. The number of aromatic nitrogens is 3. The van der Waals surface area contributed by atoms with Crippen LogP contribution in [0.2, 0.25) is 0 Å². The van der Waals surface area contributed by atoms with Gasteiger partial charge in [0.15, 0.2) is 0 Å². The molecule has 8 heteroatoms. The van der Waals surface area contributed by atoms with Gasteiger partial charge >= 0.3 is 5.97 Å². The summed E-state index contributed by atoms with van der Waals surface area (Å²) in [4.78, 5) is 24.6. The van der Waals surface area contributed by atoms with Gasteiger partial charge in [0.25, 0.3) is 5.91 Å². The van der Waals surface area contributed by atoms with E-state index in [1.807, 2.05) is 30.4 Å². The summed E-state index contributed by atoms with van der Waals surface area (Å²) in [5, 5.41) is 14.5. The van der Waals surface area contributed by atoms with Gasteiger partial charge in [0.1, 0.15) is 0 Å². The number of amides is 1. The van der Waals surface area contributed by atoms with Crippen molar-refractivity contribution in [3.63, 3.8) is 0 Å². The fourth-order valence-electron chi connectivity index (χ4n) is 3.21. The Kier molecular flexibility index (Phi) is 4.92. The van der Waals surface area contributed by atoms with Crippen LogP contribution < -0.4 is 10.6 Å². The lowest BCUT2D eigenvalue weighted by atomic mass is 10.1. The molecule has 3 aromatic rings. The number of hydrogen-bond donors (Lipinski definition) is 2. The van der Waals surface area contributed by atoms with Crippen molar-refractivity contribution < 1.29 is 14.3 Å². The number of esters is 1. The summed E-state index contributed by atoms with van der Waals surface area (Å²) in [6.07, 6.45) is 3.67. The van der Waals surface area contributed by atoms with Crippen molar-refractivity contribution in [3.05, 3.63) is 52.8 Å². The van der Waals surface area contributed by atoms with Gasteiger partial charge in [0.05, 0.1) is 23.9 Å². The van der Waals surface area contributed by atoms with Crippen molar-refractivity contribution >= 4 is 29.0 Å². The molecule has 4 rings (SSSR count). The zero-order chi connectivity index (χ0) is 20.5. The second-order valence-corrected chi connectivity index (χ2v) is 7.19. The molecule has 0 unspecified atom stereocenters. The molecular weight excluding hydrogens is 370 g/mol. The van der Waals surface area contributed by atoms with Crippen molar-refractivity contribution in [1.29, 1.82) is 0 Å². The highest BCUT2D eigenvalue weighted by molar-refractivity contribution is 5.96. The third-order valence-electron chi connectivity index (χ3n) is 4.98. The Morgan fingerprint density at radius 2 is 2.03 bits per heavy atom. The largest absolute Gasteiger partial charge is 0.462 e. The van der Waals surface area contributed by atoms with Crippen molar-refractivity contribution in [1.82, 2.24) is 19.9 Å². The monoisotopic (exact) mass is 393 g/mol. The molecule has 0 bridgehead atoms. The smallest absolute Gasteiger partial charge is 0.339 e. The van der Waals surface area contributed by atoms with Gasteiger partial charge < -0.3 is 15.4 Å². The van der Waals surface area contributed by atoms with Crippen LogP contribution in [0.3, 0.4) is 0 Å². The molecule has 1 aliphatic carbocycles. The molecule has 2 N–H and O–H groups in total. The lowest BCUT2D eigenvalue weighted by Crippen LogP contribution is -2.25. The summed E-state index contributed by atoms with van der Waals surface area (Å²) >= 11 is 0. The molecule has 150 valence electrons. The second kappa shape index (κ2) is 7.54. The minimum atomic E-state index is -0.380. The molecule has 2 heterocycles. The lowest BCUT2D eigenvalue weighted by molar-refractivity contribution is 0.0525. The third-order valence-corrected chi connectivity index (χ3v) is 4.98. The van der Waals surface area contributed by atoms with E-state index in [2.05, 4.69) is 20.8 Å². The molecule has 8 nitrogen and oxygen atoms in total. The van der Waals surface area contributed by atoms with E-state index in [0.29, 0.717) is 35.4 Å². The van der Waals surface area contributed by atoms with Crippen LogP contribution in [0, 0.1) is 13.8 Å². The van der Waals surface area contributed by atoms with Crippen LogP contribution in [0.1, 0.15) is 51.7 Å². The van der Waals surface area contributed by atoms with Crippen molar-refractivity contribution in [2.45, 2.75) is 39.7 Å². The summed E-state index contributed by atoms with van der Waals surface area (Å²) in [5.74, 6) is -0.00504. The molecule has 1 aromatic carbocycles. The predicted octanol–water partition coefficient (Wildman–Crippen LogP) is 3.16. The first-order valence-electron chi connectivity index (χ1n) is 9.67. The Morgan fingerprint density at radius 1 is 1.24 bits per heavy atom. The number of carbonyl (C=O) groups excluding carboxylic acids is 2. The fourth-order valence-corrected chi connectivity index (χ4v) is 3.21. The van der Waals surface area contributed by atoms with Gasteiger partial charge in [0.2, 0.25) is 5.95 Å². The number of carbonyl (C=O) groups is 2. The number of nitrogens with one attached hydrogen (secondary N) is 2. The van der Waals surface area contributed by atoms with Gasteiger partial charge in [-0.05, 0) is 57.4 Å². The van der Waals surface area contributed by atoms with Crippen LogP contribution in [-0.2, 0) is 4.74 Å². The Balaban J connectivity index is 1.69. The Hall–Kier alpha value is -3.42. The molecule has 1 aliphatic rings. The molecule has 2 aromatic heterocycles. The third kappa shape index (κ3) is 3.78. The number of anilines is 2. The average molecular weight is 393 g/mol. The van der Waals surface area contributed by atoms with Crippen molar-refractivity contribution in [3.8, 4) is 0 Å². The van der Waals surface area contributed by atoms with Gasteiger partial charge in [-0.2, -0.15) is 5.10 Å². The van der Waals surface area contributed by atoms with Gasteiger partial charge in [0, 0.05) is 23.0 Å². The van der Waals surface area contributed by atoms with Crippen molar-refractivity contribution in [2.75, 3.05) is 11.9 Å². The van der Waals surface area contributed by atoms with E-state index in [1.54, 1.807) is 25.3 Å². The first-order chi connectivity index (χ1) is 14.0. The van der Waals surface area contributed by atoms with Crippen LogP contribution in [0.5, 0.6) is 0 Å². The lowest BCUT2D eigenvalue weighted by Gasteiger charge is -2.13. The van der Waals surface area contributed by atoms with E-state index >= 15 is 0 Å². The summed E-state index contributed by atoms with van der Waals surface area (Å²) in [6, 6.07) is 7.54.